The maximum absolute atomic E-state index is 6.13. The molecule has 0 heterocycles. The zero-order valence-electron chi connectivity index (χ0n) is 10.2. The Kier molecular flexibility index (Phi) is 4.35. The molecule has 0 unspecified atom stereocenters. The van der Waals surface area contributed by atoms with Crippen LogP contribution in [0, 0.1) is 5.41 Å². The van der Waals surface area contributed by atoms with E-state index in [4.69, 9.17) is 23.2 Å². The lowest BCUT2D eigenvalue weighted by Crippen LogP contribution is -2.39. The summed E-state index contributed by atoms with van der Waals surface area (Å²) in [5.74, 6) is 0. The smallest absolute Gasteiger partial charge is 0.0451 e. The largest absolute Gasteiger partial charge is 0.312 e. The fraction of sp³-hybridized carbons (Fsp3) is 0.571. The van der Waals surface area contributed by atoms with Crippen LogP contribution in [0.2, 0.25) is 10.0 Å². The third kappa shape index (κ3) is 3.15. The average Bonchev–Trinajstić information content (AvgIpc) is 2.27. The summed E-state index contributed by atoms with van der Waals surface area (Å²) in [5, 5.41) is 5.06. The quantitative estimate of drug-likeness (QED) is 0.821. The highest BCUT2D eigenvalue weighted by Gasteiger charge is 2.34. The highest BCUT2D eigenvalue weighted by molar-refractivity contribution is 6.33. The van der Waals surface area contributed by atoms with Crippen LogP contribution in [-0.4, -0.2) is 6.54 Å². The molecular formula is C14H19Cl2N. The van der Waals surface area contributed by atoms with Gasteiger partial charge in [0.05, 0.1) is 0 Å². The maximum Gasteiger partial charge on any atom is 0.0451 e. The van der Waals surface area contributed by atoms with E-state index in [0.29, 0.717) is 5.41 Å². The molecule has 1 aromatic carbocycles. The number of hydrogen-bond acceptors (Lipinski definition) is 1. The number of nitrogens with one attached hydrogen (secondary N) is 1. The molecule has 0 bridgehead atoms. The molecule has 1 aliphatic rings. The van der Waals surface area contributed by atoms with Gasteiger partial charge in [0.15, 0.2) is 0 Å². The molecule has 2 rings (SSSR count). The highest BCUT2D eigenvalue weighted by Crippen LogP contribution is 2.43. The van der Waals surface area contributed by atoms with Crippen molar-refractivity contribution in [2.75, 3.05) is 6.54 Å². The van der Waals surface area contributed by atoms with Crippen LogP contribution in [0.1, 0.15) is 38.2 Å². The Balaban J connectivity index is 1.87. The van der Waals surface area contributed by atoms with Gasteiger partial charge < -0.3 is 5.32 Å². The van der Waals surface area contributed by atoms with Gasteiger partial charge in [-0.1, -0.05) is 36.5 Å². The van der Waals surface area contributed by atoms with E-state index >= 15 is 0 Å². The molecular weight excluding hydrogens is 253 g/mol. The van der Waals surface area contributed by atoms with Crippen LogP contribution in [0.5, 0.6) is 0 Å². The van der Waals surface area contributed by atoms with Gasteiger partial charge in [0.25, 0.3) is 0 Å². The van der Waals surface area contributed by atoms with Crippen molar-refractivity contribution in [2.24, 2.45) is 5.41 Å². The molecule has 3 heteroatoms. The van der Waals surface area contributed by atoms with E-state index in [-0.39, 0.29) is 0 Å². The first-order valence-electron chi connectivity index (χ1n) is 6.30. The molecule has 0 aliphatic heterocycles. The van der Waals surface area contributed by atoms with Gasteiger partial charge in [-0.2, -0.15) is 0 Å². The zero-order valence-corrected chi connectivity index (χ0v) is 11.7. The van der Waals surface area contributed by atoms with E-state index in [1.807, 2.05) is 18.2 Å². The van der Waals surface area contributed by atoms with Crippen LogP contribution in [0.4, 0.5) is 0 Å². The van der Waals surface area contributed by atoms with Crippen molar-refractivity contribution < 1.29 is 0 Å². The van der Waals surface area contributed by atoms with Crippen molar-refractivity contribution in [2.45, 2.75) is 39.2 Å². The molecule has 1 fully saturated rings. The van der Waals surface area contributed by atoms with Crippen LogP contribution in [0.15, 0.2) is 18.2 Å². The first-order chi connectivity index (χ1) is 8.15. The monoisotopic (exact) mass is 271 g/mol. The zero-order chi connectivity index (χ0) is 12.3. The third-order valence-corrected chi connectivity index (χ3v) is 4.59. The van der Waals surface area contributed by atoms with Gasteiger partial charge in [0, 0.05) is 23.1 Å². The second-order valence-electron chi connectivity index (χ2n) is 5.05. The van der Waals surface area contributed by atoms with Crippen molar-refractivity contribution in [3.05, 3.63) is 33.8 Å². The fourth-order valence-electron chi connectivity index (χ4n) is 2.47. The lowest BCUT2D eigenvalue weighted by Gasteiger charge is -2.41. The van der Waals surface area contributed by atoms with E-state index in [2.05, 4.69) is 12.2 Å². The Morgan fingerprint density at radius 2 is 2.06 bits per heavy atom. The Morgan fingerprint density at radius 3 is 2.65 bits per heavy atom. The summed E-state index contributed by atoms with van der Waals surface area (Å²) < 4.78 is 0. The van der Waals surface area contributed by atoms with Crippen molar-refractivity contribution in [3.8, 4) is 0 Å². The normalized spacial score (nSPS) is 17.8. The van der Waals surface area contributed by atoms with Crippen LogP contribution in [0.25, 0.3) is 0 Å². The summed E-state index contributed by atoms with van der Waals surface area (Å²) in [6.07, 6.45) is 5.37. The van der Waals surface area contributed by atoms with Crippen LogP contribution in [-0.2, 0) is 6.54 Å². The van der Waals surface area contributed by atoms with Crippen molar-refractivity contribution in [3.63, 3.8) is 0 Å². The summed E-state index contributed by atoms with van der Waals surface area (Å²) in [5.41, 5.74) is 1.63. The van der Waals surface area contributed by atoms with Crippen LogP contribution < -0.4 is 5.32 Å². The Morgan fingerprint density at radius 1 is 1.29 bits per heavy atom. The molecule has 0 amide bonds. The maximum atomic E-state index is 6.13. The van der Waals surface area contributed by atoms with E-state index in [1.165, 1.54) is 25.7 Å². The van der Waals surface area contributed by atoms with Crippen molar-refractivity contribution in [1.82, 2.24) is 5.32 Å². The minimum atomic E-state index is 0.547. The summed E-state index contributed by atoms with van der Waals surface area (Å²) in [6, 6.07) is 5.63. The summed E-state index contributed by atoms with van der Waals surface area (Å²) in [7, 11) is 0. The molecule has 1 saturated carbocycles. The predicted octanol–water partition coefficient (Wildman–Crippen LogP) is 4.66. The molecule has 1 nitrogen and oxygen atoms in total. The van der Waals surface area contributed by atoms with Gasteiger partial charge in [0.1, 0.15) is 0 Å². The second-order valence-corrected chi connectivity index (χ2v) is 5.89. The van der Waals surface area contributed by atoms with Gasteiger partial charge >= 0.3 is 0 Å². The Bertz CT molecular complexity index is 380. The van der Waals surface area contributed by atoms with Gasteiger partial charge in [-0.25, -0.2) is 0 Å². The molecule has 1 N–H and O–H groups in total. The van der Waals surface area contributed by atoms with Crippen molar-refractivity contribution in [1.29, 1.82) is 0 Å². The van der Waals surface area contributed by atoms with Crippen LogP contribution in [0.3, 0.4) is 0 Å². The van der Waals surface area contributed by atoms with Gasteiger partial charge in [0.2, 0.25) is 0 Å². The number of rotatable bonds is 5. The topological polar surface area (TPSA) is 12.0 Å². The minimum absolute atomic E-state index is 0.547. The Labute approximate surface area is 114 Å². The minimum Gasteiger partial charge on any atom is -0.312 e. The molecule has 0 saturated heterocycles. The summed E-state index contributed by atoms with van der Waals surface area (Å²) >= 11 is 12.1. The van der Waals surface area contributed by atoms with Crippen molar-refractivity contribution >= 4 is 23.2 Å². The lowest BCUT2D eigenvalue weighted by atomic mass is 9.67. The number of benzene rings is 1. The van der Waals surface area contributed by atoms with E-state index in [9.17, 15) is 0 Å². The van der Waals surface area contributed by atoms with Gasteiger partial charge in [-0.3, -0.25) is 0 Å². The summed E-state index contributed by atoms with van der Waals surface area (Å²) in [4.78, 5) is 0. The van der Waals surface area contributed by atoms with E-state index < -0.39 is 0 Å². The summed E-state index contributed by atoms with van der Waals surface area (Å²) in [6.45, 7) is 4.18. The van der Waals surface area contributed by atoms with Gasteiger partial charge in [-0.05, 0) is 48.4 Å². The first-order valence-corrected chi connectivity index (χ1v) is 7.05. The standard InChI is InChI=1S/C14H19Cl2N/c1-2-14(6-3-7-14)10-17-9-11-8-12(15)4-5-13(11)16/h4-5,8,17H,2-3,6-7,9-10H2,1H3. The molecule has 1 aliphatic carbocycles. The van der Waals surface area contributed by atoms with E-state index in [1.54, 1.807) is 0 Å². The Hall–Kier alpha value is -0.240. The predicted molar refractivity (Wildman–Crippen MR) is 74.7 cm³/mol. The molecule has 17 heavy (non-hydrogen) atoms. The SMILES string of the molecule is CCC1(CNCc2cc(Cl)ccc2Cl)CCC1. The van der Waals surface area contributed by atoms with Gasteiger partial charge in [-0.15, -0.1) is 0 Å². The lowest BCUT2D eigenvalue weighted by molar-refractivity contribution is 0.124. The first kappa shape index (κ1) is 13.2. The number of halogens is 2. The highest BCUT2D eigenvalue weighted by atomic mass is 35.5. The molecule has 94 valence electrons. The molecule has 1 aromatic rings. The number of hydrogen-bond donors (Lipinski definition) is 1. The van der Waals surface area contributed by atoms with E-state index in [0.717, 1.165) is 28.7 Å². The molecule has 0 aromatic heterocycles. The third-order valence-electron chi connectivity index (χ3n) is 3.99. The molecule has 0 radical (unpaired) electrons. The molecule has 0 atom stereocenters. The fourth-order valence-corrected chi connectivity index (χ4v) is 2.85. The average molecular weight is 272 g/mol. The van der Waals surface area contributed by atoms with Crippen LogP contribution >= 0.6 is 23.2 Å². The second kappa shape index (κ2) is 5.60. The molecule has 0 spiro atoms.